The summed E-state index contributed by atoms with van der Waals surface area (Å²) in [5.41, 5.74) is 2.56. The number of carbonyl (C=O) groups is 2. The van der Waals surface area contributed by atoms with Gasteiger partial charge in [-0.1, -0.05) is 85.4 Å². The minimum Gasteiger partial charge on any atom is -0.354 e. The van der Waals surface area contributed by atoms with Gasteiger partial charge in [0.1, 0.15) is 12.6 Å². The molecule has 3 rings (SSSR count). The van der Waals surface area contributed by atoms with E-state index in [0.717, 1.165) is 28.3 Å². The van der Waals surface area contributed by atoms with Gasteiger partial charge < -0.3 is 10.2 Å². The highest BCUT2D eigenvalue weighted by molar-refractivity contribution is 7.92. The van der Waals surface area contributed by atoms with Crippen molar-refractivity contribution < 1.29 is 18.0 Å². The number of aryl methyl sites for hydroxylation is 2. The predicted molar refractivity (Wildman–Crippen MR) is 166 cm³/mol. The largest absolute Gasteiger partial charge is 0.354 e. The van der Waals surface area contributed by atoms with Crippen LogP contribution in [0.3, 0.4) is 0 Å². The van der Waals surface area contributed by atoms with Gasteiger partial charge in [-0.05, 0) is 68.1 Å². The average Bonchev–Trinajstić information content (AvgIpc) is 2.94. The SMILES string of the molecule is CCCCNC(=O)C(CC)N(Cc1ccccc1Cl)C(=O)CN(c1ccc(C)c(Cl)c1)S(=O)(=O)c1ccc(C)cc1. The molecule has 0 bridgehead atoms. The Hall–Kier alpha value is -3.07. The van der Waals surface area contributed by atoms with Crippen LogP contribution in [0.2, 0.25) is 10.0 Å². The van der Waals surface area contributed by atoms with Crippen LogP contribution in [0.4, 0.5) is 5.69 Å². The summed E-state index contributed by atoms with van der Waals surface area (Å²) in [5.74, 6) is -0.845. The predicted octanol–water partition coefficient (Wildman–Crippen LogP) is 6.53. The van der Waals surface area contributed by atoms with E-state index in [4.69, 9.17) is 23.2 Å². The Balaban J connectivity index is 2.07. The number of carbonyl (C=O) groups excluding carboxylic acids is 2. The monoisotopic (exact) mass is 617 g/mol. The molecular formula is C31H37Cl2N3O4S. The number of benzene rings is 3. The van der Waals surface area contributed by atoms with Crippen molar-refractivity contribution in [3.63, 3.8) is 0 Å². The van der Waals surface area contributed by atoms with Gasteiger partial charge in [0.25, 0.3) is 10.0 Å². The molecule has 0 saturated carbocycles. The first-order valence-corrected chi connectivity index (χ1v) is 15.8. The highest BCUT2D eigenvalue weighted by Gasteiger charge is 2.34. The normalized spacial score (nSPS) is 12.0. The number of nitrogens with zero attached hydrogens (tertiary/aromatic N) is 2. The van der Waals surface area contributed by atoms with Crippen LogP contribution in [0.1, 0.15) is 49.8 Å². The van der Waals surface area contributed by atoms with E-state index in [1.54, 1.807) is 48.5 Å². The Morgan fingerprint density at radius 2 is 1.61 bits per heavy atom. The lowest BCUT2D eigenvalue weighted by Crippen LogP contribution is -2.52. The van der Waals surface area contributed by atoms with E-state index >= 15 is 0 Å². The zero-order valence-corrected chi connectivity index (χ0v) is 26.2. The van der Waals surface area contributed by atoms with Crippen LogP contribution in [-0.4, -0.2) is 44.3 Å². The molecule has 0 saturated heterocycles. The van der Waals surface area contributed by atoms with Gasteiger partial charge in [0.15, 0.2) is 0 Å². The van der Waals surface area contributed by atoms with Crippen molar-refractivity contribution in [1.82, 2.24) is 10.2 Å². The molecule has 41 heavy (non-hydrogen) atoms. The quantitative estimate of drug-likeness (QED) is 0.221. The maximum absolute atomic E-state index is 14.1. The summed E-state index contributed by atoms with van der Waals surface area (Å²) >= 11 is 12.8. The highest BCUT2D eigenvalue weighted by Crippen LogP contribution is 2.29. The summed E-state index contributed by atoms with van der Waals surface area (Å²) in [4.78, 5) is 28.8. The molecule has 1 N–H and O–H groups in total. The topological polar surface area (TPSA) is 86.8 Å². The Morgan fingerprint density at radius 1 is 0.927 bits per heavy atom. The third kappa shape index (κ3) is 8.24. The Bertz CT molecular complexity index is 1460. The van der Waals surface area contributed by atoms with Crippen LogP contribution in [-0.2, 0) is 26.2 Å². The molecule has 0 aliphatic carbocycles. The third-order valence-electron chi connectivity index (χ3n) is 6.85. The molecule has 0 aliphatic rings. The number of rotatable bonds is 13. The number of anilines is 1. The molecular weight excluding hydrogens is 581 g/mol. The minimum atomic E-state index is -4.18. The lowest BCUT2D eigenvalue weighted by Gasteiger charge is -2.33. The van der Waals surface area contributed by atoms with Crippen LogP contribution < -0.4 is 9.62 Å². The summed E-state index contributed by atoms with van der Waals surface area (Å²) in [6.07, 6.45) is 2.04. The number of amides is 2. The van der Waals surface area contributed by atoms with E-state index in [0.29, 0.717) is 28.6 Å². The molecule has 0 aliphatic heterocycles. The molecule has 2 amide bonds. The number of hydrogen-bond acceptors (Lipinski definition) is 4. The number of nitrogens with one attached hydrogen (secondary N) is 1. The molecule has 1 unspecified atom stereocenters. The molecule has 0 aromatic heterocycles. The molecule has 0 spiro atoms. The molecule has 3 aromatic carbocycles. The van der Waals surface area contributed by atoms with Crippen molar-refractivity contribution in [2.45, 2.75) is 64.4 Å². The van der Waals surface area contributed by atoms with Crippen molar-refractivity contribution >= 4 is 50.7 Å². The summed E-state index contributed by atoms with van der Waals surface area (Å²) in [6, 6.07) is 17.5. The number of halogens is 2. The van der Waals surface area contributed by atoms with E-state index < -0.39 is 28.5 Å². The van der Waals surface area contributed by atoms with Crippen molar-refractivity contribution in [3.05, 3.63) is 93.5 Å². The Labute approximate surface area is 253 Å². The fraction of sp³-hybridized carbons (Fsp3) is 0.355. The second-order valence-corrected chi connectivity index (χ2v) is 12.6. The number of hydrogen-bond donors (Lipinski definition) is 1. The van der Waals surface area contributed by atoms with Gasteiger partial charge in [0, 0.05) is 23.1 Å². The maximum Gasteiger partial charge on any atom is 0.264 e. The van der Waals surface area contributed by atoms with Crippen molar-refractivity contribution in [1.29, 1.82) is 0 Å². The zero-order chi connectivity index (χ0) is 30.2. The summed E-state index contributed by atoms with van der Waals surface area (Å²) in [6.45, 7) is 7.49. The lowest BCUT2D eigenvalue weighted by molar-refractivity contribution is -0.140. The number of unbranched alkanes of at least 4 members (excludes halogenated alkanes) is 1. The van der Waals surface area contributed by atoms with Crippen LogP contribution in [0, 0.1) is 13.8 Å². The summed E-state index contributed by atoms with van der Waals surface area (Å²) < 4.78 is 29.0. The average molecular weight is 619 g/mol. The lowest BCUT2D eigenvalue weighted by atomic mass is 10.1. The molecule has 220 valence electrons. The highest BCUT2D eigenvalue weighted by atomic mass is 35.5. The first-order valence-electron chi connectivity index (χ1n) is 13.7. The fourth-order valence-corrected chi connectivity index (χ4v) is 6.12. The first-order chi connectivity index (χ1) is 19.5. The minimum absolute atomic E-state index is 0.0330. The second kappa shape index (κ2) is 14.7. The van der Waals surface area contributed by atoms with Crippen molar-refractivity contribution in [2.75, 3.05) is 17.4 Å². The second-order valence-electron chi connectivity index (χ2n) is 9.94. The van der Waals surface area contributed by atoms with Gasteiger partial charge in [-0.25, -0.2) is 8.42 Å². The van der Waals surface area contributed by atoms with Crippen LogP contribution >= 0.6 is 23.2 Å². The molecule has 1 atom stereocenters. The maximum atomic E-state index is 14.1. The van der Waals surface area contributed by atoms with E-state index in [9.17, 15) is 18.0 Å². The molecule has 7 nitrogen and oxygen atoms in total. The molecule has 3 aromatic rings. The third-order valence-corrected chi connectivity index (χ3v) is 9.41. The van der Waals surface area contributed by atoms with Gasteiger partial charge in [0.05, 0.1) is 10.6 Å². The van der Waals surface area contributed by atoms with Gasteiger partial charge in [0.2, 0.25) is 11.8 Å². The number of sulfonamides is 1. The van der Waals surface area contributed by atoms with Crippen LogP contribution in [0.5, 0.6) is 0 Å². The van der Waals surface area contributed by atoms with E-state index in [-0.39, 0.29) is 23.0 Å². The molecule has 0 fully saturated rings. The van der Waals surface area contributed by atoms with Gasteiger partial charge in [-0.2, -0.15) is 0 Å². The zero-order valence-electron chi connectivity index (χ0n) is 23.9. The first kappa shape index (κ1) is 32.4. The van der Waals surface area contributed by atoms with E-state index in [1.807, 2.05) is 27.7 Å². The van der Waals surface area contributed by atoms with E-state index in [1.165, 1.54) is 23.1 Å². The van der Waals surface area contributed by atoms with Gasteiger partial charge in [-0.3, -0.25) is 13.9 Å². The Kier molecular flexibility index (Phi) is 11.6. The molecule has 0 radical (unpaired) electrons. The van der Waals surface area contributed by atoms with Crippen LogP contribution in [0.25, 0.3) is 0 Å². The standard InChI is InChI=1S/C31H37Cl2N3O4S/c1-5-7-18-34-31(38)29(6-2)35(20-24-10-8-9-11-27(24)32)30(37)21-36(25-15-14-23(4)28(33)19-25)41(39,40)26-16-12-22(3)13-17-26/h8-17,19,29H,5-7,18,20-21H2,1-4H3,(H,34,38). The fourth-order valence-electron chi connectivity index (χ4n) is 4.34. The van der Waals surface area contributed by atoms with Crippen molar-refractivity contribution in [2.24, 2.45) is 0 Å². The molecule has 0 heterocycles. The smallest absolute Gasteiger partial charge is 0.264 e. The van der Waals surface area contributed by atoms with Gasteiger partial charge >= 0.3 is 0 Å². The summed E-state index contributed by atoms with van der Waals surface area (Å²) in [7, 11) is -4.18. The van der Waals surface area contributed by atoms with Crippen molar-refractivity contribution in [3.8, 4) is 0 Å². The summed E-state index contributed by atoms with van der Waals surface area (Å²) in [5, 5.41) is 3.73. The Morgan fingerprint density at radius 3 is 2.22 bits per heavy atom. The van der Waals surface area contributed by atoms with E-state index in [2.05, 4.69) is 5.32 Å². The van der Waals surface area contributed by atoms with Crippen LogP contribution in [0.15, 0.2) is 71.6 Å². The van der Waals surface area contributed by atoms with Gasteiger partial charge in [-0.15, -0.1) is 0 Å². The molecule has 10 heteroatoms.